The van der Waals surface area contributed by atoms with Gasteiger partial charge in [-0.3, -0.25) is 0 Å². The molecule has 1 N–H and O–H groups in total. The van der Waals surface area contributed by atoms with Crippen molar-refractivity contribution in [2.75, 3.05) is 45.8 Å². The fourth-order valence-corrected chi connectivity index (χ4v) is 3.37. The number of rotatable bonds is 6. The maximum atomic E-state index is 14.3. The van der Waals surface area contributed by atoms with Crippen molar-refractivity contribution in [2.45, 2.75) is 13.0 Å². The number of ether oxygens (including phenoxy) is 3. The van der Waals surface area contributed by atoms with Crippen molar-refractivity contribution in [3.8, 4) is 11.5 Å². The third kappa shape index (κ3) is 6.75. The SMILES string of the molecule is COc1cc(C)c(Nc2ccc(Br)cc2F)ncnccc1OCC1CN(C)CCO1. The van der Waals surface area contributed by atoms with Crippen LogP contribution in [0.5, 0.6) is 11.5 Å². The molecular weight excluding hydrogens is 467 g/mol. The van der Waals surface area contributed by atoms with Crippen molar-refractivity contribution >= 4 is 27.4 Å². The molecule has 0 radical (unpaired) electrons. The number of anilines is 2. The molecule has 1 aliphatic heterocycles. The molecular formula is C22H26BrFN4O3. The lowest BCUT2D eigenvalue weighted by molar-refractivity contribution is -0.0406. The van der Waals surface area contributed by atoms with E-state index in [0.717, 1.165) is 18.7 Å². The Morgan fingerprint density at radius 1 is 1.29 bits per heavy atom. The van der Waals surface area contributed by atoms with Gasteiger partial charge in [0.25, 0.3) is 0 Å². The van der Waals surface area contributed by atoms with Gasteiger partial charge in [0.05, 0.1) is 19.4 Å². The Kier molecular flexibility index (Phi) is 8.39. The van der Waals surface area contributed by atoms with Gasteiger partial charge in [-0.2, -0.15) is 0 Å². The number of aryl methyl sites for hydroxylation is 1. The molecule has 166 valence electrons. The molecule has 1 aliphatic rings. The highest BCUT2D eigenvalue weighted by Crippen LogP contribution is 2.28. The molecule has 0 amide bonds. The zero-order valence-corrected chi connectivity index (χ0v) is 19.4. The molecule has 1 saturated heterocycles. The number of hydrogen-bond acceptors (Lipinski definition) is 7. The van der Waals surface area contributed by atoms with Crippen LogP contribution >= 0.6 is 15.9 Å². The van der Waals surface area contributed by atoms with Crippen molar-refractivity contribution in [3.05, 3.63) is 58.7 Å². The predicted molar refractivity (Wildman–Crippen MR) is 121 cm³/mol. The number of hydrogen-bond donors (Lipinski definition) is 1. The van der Waals surface area contributed by atoms with E-state index in [1.54, 1.807) is 37.6 Å². The Morgan fingerprint density at radius 2 is 2.13 bits per heavy atom. The van der Waals surface area contributed by atoms with E-state index in [9.17, 15) is 4.39 Å². The molecule has 7 nitrogen and oxygen atoms in total. The topological polar surface area (TPSA) is 68.7 Å². The van der Waals surface area contributed by atoms with Crippen LogP contribution in [-0.4, -0.2) is 61.4 Å². The van der Waals surface area contributed by atoms with Crippen molar-refractivity contribution < 1.29 is 18.6 Å². The van der Waals surface area contributed by atoms with Crippen LogP contribution in [0.1, 0.15) is 5.56 Å². The summed E-state index contributed by atoms with van der Waals surface area (Å²) in [5.41, 5.74) is 1.02. The monoisotopic (exact) mass is 492 g/mol. The predicted octanol–water partition coefficient (Wildman–Crippen LogP) is 4.27. The molecule has 3 rings (SSSR count). The molecule has 2 heterocycles. The number of methoxy groups -OCH3 is 1. The molecule has 9 heteroatoms. The van der Waals surface area contributed by atoms with Crippen LogP contribution in [0.3, 0.4) is 0 Å². The number of morpholine rings is 1. The number of nitrogens with one attached hydrogen (secondary N) is 1. The van der Waals surface area contributed by atoms with E-state index in [2.05, 4.69) is 43.2 Å². The second-order valence-electron chi connectivity index (χ2n) is 7.13. The van der Waals surface area contributed by atoms with Crippen LogP contribution in [-0.2, 0) is 4.74 Å². The van der Waals surface area contributed by atoms with E-state index in [1.165, 1.54) is 12.4 Å². The summed E-state index contributed by atoms with van der Waals surface area (Å²) in [5, 5.41) is 3.02. The highest BCUT2D eigenvalue weighted by Gasteiger charge is 2.18. The Hall–Kier alpha value is -2.49. The first-order valence-electron chi connectivity index (χ1n) is 9.84. The zero-order chi connectivity index (χ0) is 22.2. The van der Waals surface area contributed by atoms with Crippen molar-refractivity contribution in [3.63, 3.8) is 0 Å². The summed E-state index contributed by atoms with van der Waals surface area (Å²) in [6, 6.07) is 8.27. The third-order valence-electron chi connectivity index (χ3n) is 4.70. The molecule has 0 saturated carbocycles. The molecule has 0 bridgehead atoms. The lowest BCUT2D eigenvalue weighted by atomic mass is 10.2. The normalized spacial score (nSPS) is 16.4. The quantitative estimate of drug-likeness (QED) is 0.645. The second-order valence-corrected chi connectivity index (χ2v) is 8.05. The van der Waals surface area contributed by atoms with Crippen LogP contribution in [0.2, 0.25) is 0 Å². The first kappa shape index (κ1) is 23.2. The van der Waals surface area contributed by atoms with Crippen molar-refractivity contribution in [2.24, 2.45) is 0 Å². The van der Waals surface area contributed by atoms with Gasteiger partial charge in [-0.15, -0.1) is 0 Å². The minimum absolute atomic E-state index is 0.0269. The van der Waals surface area contributed by atoms with Crippen LogP contribution in [0.15, 0.2) is 47.3 Å². The van der Waals surface area contributed by atoms with Crippen LogP contribution in [0.25, 0.3) is 0 Å². The molecule has 31 heavy (non-hydrogen) atoms. The number of nitrogens with zero attached hydrogens (tertiary/aromatic N) is 3. The number of benzene rings is 1. The first-order valence-corrected chi connectivity index (χ1v) is 10.6. The standard InChI is InChI=1S/C22H26BrFN4O3/c1-15-10-21(29-3)20(31-13-17-12-28(2)8-9-30-17)6-7-25-14-26-22(15)27-19-5-4-16(23)11-18(19)24/h4-7,10-11,14,17H,8-9,12-13H2,1-3H3,(H,25,26,27). The third-order valence-corrected chi connectivity index (χ3v) is 5.19. The zero-order valence-electron chi connectivity index (χ0n) is 17.8. The second kappa shape index (κ2) is 11.2. The van der Waals surface area contributed by atoms with Crippen molar-refractivity contribution in [1.82, 2.24) is 14.9 Å². The van der Waals surface area contributed by atoms with Gasteiger partial charge >= 0.3 is 0 Å². The molecule has 1 unspecified atom stereocenters. The summed E-state index contributed by atoms with van der Waals surface area (Å²) in [5.74, 6) is 1.06. The Labute approximate surface area is 190 Å². The summed E-state index contributed by atoms with van der Waals surface area (Å²) in [7, 11) is 3.62. The summed E-state index contributed by atoms with van der Waals surface area (Å²) in [4.78, 5) is 10.7. The summed E-state index contributed by atoms with van der Waals surface area (Å²) < 4.78 is 32.3. The molecule has 0 spiro atoms. The highest BCUT2D eigenvalue weighted by molar-refractivity contribution is 9.10. The smallest absolute Gasteiger partial charge is 0.162 e. The number of halogens is 2. The van der Waals surface area contributed by atoms with Gasteiger partial charge in [0.2, 0.25) is 0 Å². The van der Waals surface area contributed by atoms with Crippen molar-refractivity contribution in [1.29, 1.82) is 0 Å². The molecule has 1 aromatic heterocycles. The summed E-state index contributed by atoms with van der Waals surface area (Å²) >= 11 is 3.26. The van der Waals surface area contributed by atoms with E-state index in [4.69, 9.17) is 14.2 Å². The number of likely N-dealkylation sites (N-methyl/N-ethyl adjacent to an activating group) is 1. The molecule has 1 atom stereocenters. The number of aromatic nitrogens is 2. The average Bonchev–Trinajstić information content (AvgIpc) is 2.74. The van der Waals surface area contributed by atoms with Gasteiger partial charge in [0.15, 0.2) is 11.5 Å². The fourth-order valence-electron chi connectivity index (χ4n) is 3.04. The largest absolute Gasteiger partial charge is 0.493 e. The van der Waals surface area contributed by atoms with Gasteiger partial charge < -0.3 is 24.4 Å². The maximum Gasteiger partial charge on any atom is 0.162 e. The minimum atomic E-state index is -0.400. The molecule has 1 fully saturated rings. The Balaban J connectivity index is 1.90. The lowest BCUT2D eigenvalue weighted by Crippen LogP contribution is -2.42. The van der Waals surface area contributed by atoms with Gasteiger partial charge in [0, 0.05) is 29.8 Å². The summed E-state index contributed by atoms with van der Waals surface area (Å²) in [6.45, 7) is 4.62. The Morgan fingerprint density at radius 3 is 2.87 bits per heavy atom. The van der Waals surface area contributed by atoms with Gasteiger partial charge in [-0.05, 0) is 43.8 Å². The molecule has 1 aromatic carbocycles. The van der Waals surface area contributed by atoms with E-state index in [1.807, 2.05) is 6.92 Å². The first-order chi connectivity index (χ1) is 15.0. The van der Waals surface area contributed by atoms with Gasteiger partial charge in [0.1, 0.15) is 30.7 Å². The highest BCUT2D eigenvalue weighted by atomic mass is 79.9. The van der Waals surface area contributed by atoms with Crippen LogP contribution in [0.4, 0.5) is 15.9 Å². The lowest BCUT2D eigenvalue weighted by Gasteiger charge is -2.29. The van der Waals surface area contributed by atoms with Gasteiger partial charge in [-0.25, -0.2) is 14.4 Å². The van der Waals surface area contributed by atoms with E-state index in [-0.39, 0.29) is 6.10 Å². The fraction of sp³-hybridized carbons (Fsp3) is 0.364. The van der Waals surface area contributed by atoms with E-state index < -0.39 is 5.82 Å². The van der Waals surface area contributed by atoms with Crippen LogP contribution in [0, 0.1) is 12.7 Å². The summed E-state index contributed by atoms with van der Waals surface area (Å²) in [6.07, 6.45) is 2.93. The van der Waals surface area contributed by atoms with E-state index >= 15 is 0 Å². The average molecular weight is 493 g/mol. The maximum absolute atomic E-state index is 14.3. The Bertz CT molecular complexity index is 962. The van der Waals surface area contributed by atoms with Gasteiger partial charge in [-0.1, -0.05) is 15.9 Å². The van der Waals surface area contributed by atoms with E-state index in [0.29, 0.717) is 40.7 Å². The molecule has 2 aromatic rings. The minimum Gasteiger partial charge on any atom is -0.493 e. The van der Waals surface area contributed by atoms with Crippen LogP contribution < -0.4 is 14.8 Å². The molecule has 0 aliphatic carbocycles.